The van der Waals surface area contributed by atoms with Crippen LogP contribution in [0.15, 0.2) is 30.3 Å². The van der Waals surface area contributed by atoms with Crippen molar-refractivity contribution in [3.8, 4) is 0 Å². The minimum atomic E-state index is 0. The van der Waals surface area contributed by atoms with Gasteiger partial charge in [0.05, 0.1) is 6.10 Å². The van der Waals surface area contributed by atoms with E-state index in [1.807, 2.05) is 31.8 Å². The van der Waals surface area contributed by atoms with E-state index in [1.165, 1.54) is 30.6 Å². The van der Waals surface area contributed by atoms with Gasteiger partial charge in [0.15, 0.2) is 0 Å². The maximum atomic E-state index is 5.17. The zero-order chi connectivity index (χ0) is 26.8. The molecule has 0 saturated heterocycles. The second-order valence-corrected chi connectivity index (χ2v) is 8.89. The van der Waals surface area contributed by atoms with Crippen molar-refractivity contribution in [2.75, 3.05) is 46.4 Å². The summed E-state index contributed by atoms with van der Waals surface area (Å²) in [5, 5.41) is 2.93. The molecule has 0 aliphatic rings. The number of hydrogen-bond donors (Lipinski definition) is 1. The number of unbranched alkanes of at least 4 members (excludes halogenated alkanes) is 1. The molecule has 0 amide bonds. The fraction of sp³-hybridized carbons (Fsp3) is 0.854. The third-order valence-corrected chi connectivity index (χ3v) is 4.91. The summed E-state index contributed by atoms with van der Waals surface area (Å²) in [5.41, 5.74) is 1.39. The molecule has 0 spiro atoms. The Morgan fingerprint density at radius 1 is 0.667 bits per heavy atom. The topological polar surface area (TPSA) is 30.5 Å². The molecule has 3 nitrogen and oxygen atoms in total. The van der Waals surface area contributed by atoms with Crippen molar-refractivity contribution >= 4 is 11.8 Å². The van der Waals surface area contributed by atoms with Gasteiger partial charge in [-0.05, 0) is 63.8 Å². The molecular weight excluding hydrogens is 571 g/mol. The number of nitrogens with one attached hydrogen (secondary N) is 1. The molecule has 1 aromatic carbocycles. The van der Waals surface area contributed by atoms with Crippen LogP contribution in [0.1, 0.15) is 183 Å². The molecule has 1 atom stereocenters. The summed E-state index contributed by atoms with van der Waals surface area (Å²) in [5.74, 6) is 2.12. The zero-order valence-electron chi connectivity index (χ0n) is 24.9. The van der Waals surface area contributed by atoms with Crippen molar-refractivity contribution in [3.05, 3.63) is 35.9 Å². The Hall–Kier alpha value is -0.550. The molecule has 4 heteroatoms. The van der Waals surface area contributed by atoms with Crippen molar-refractivity contribution in [2.45, 2.75) is 190 Å². The van der Waals surface area contributed by atoms with E-state index in [1.54, 1.807) is 14.2 Å². The lowest BCUT2D eigenvalue weighted by Crippen LogP contribution is -2.05. The molecule has 45 heavy (non-hydrogen) atoms. The average molecular weight is 682 g/mol. The number of methoxy groups -OCH3 is 2. The van der Waals surface area contributed by atoms with Gasteiger partial charge in [0.25, 0.3) is 0 Å². The van der Waals surface area contributed by atoms with Gasteiger partial charge in [-0.15, -0.1) is 0 Å². The predicted molar refractivity (Wildman–Crippen MR) is 239 cm³/mol. The van der Waals surface area contributed by atoms with Crippen LogP contribution in [0.4, 0.5) is 0 Å². The first kappa shape index (κ1) is 111. The van der Waals surface area contributed by atoms with E-state index in [0.29, 0.717) is 6.10 Å². The number of benzene rings is 1. The average Bonchev–Trinajstić information content (AvgIpc) is 2.88. The SMILES string of the molecule is C.C.C.C.C.C.C.C.C.C.C.C.CCC(C)C.CCCC.CCNC.CCOC.CCSC.COC(C)CCc1ccccc1. The zero-order valence-corrected chi connectivity index (χ0v) is 25.7. The Morgan fingerprint density at radius 2 is 0.956 bits per heavy atom. The van der Waals surface area contributed by atoms with E-state index in [9.17, 15) is 0 Å². The maximum absolute atomic E-state index is 5.17. The molecule has 1 rings (SSSR count). The van der Waals surface area contributed by atoms with Crippen LogP contribution < -0.4 is 5.32 Å². The van der Waals surface area contributed by atoms with Gasteiger partial charge in [-0.1, -0.05) is 187 Å². The summed E-state index contributed by atoms with van der Waals surface area (Å²) in [6.45, 7) is 21.2. The van der Waals surface area contributed by atoms with Gasteiger partial charge in [0, 0.05) is 20.8 Å². The third kappa shape index (κ3) is 179. The summed E-state index contributed by atoms with van der Waals surface area (Å²) in [6, 6.07) is 10.5. The second-order valence-electron chi connectivity index (χ2n) is 7.73. The first-order valence-corrected chi connectivity index (χ1v) is 14.3. The lowest BCUT2D eigenvalue weighted by atomic mass is 10.1. The summed E-state index contributed by atoms with van der Waals surface area (Å²) < 4.78 is 9.71. The number of ether oxygens (including phenoxy) is 2. The maximum Gasteiger partial charge on any atom is 0.0546 e. The molecule has 0 radical (unpaired) electrons. The van der Waals surface area contributed by atoms with E-state index in [-0.39, 0.29) is 89.1 Å². The van der Waals surface area contributed by atoms with Crippen LogP contribution in [-0.4, -0.2) is 52.5 Å². The van der Waals surface area contributed by atoms with Crippen LogP contribution in [0, 0.1) is 5.92 Å². The Bertz CT molecular complexity index is 353. The fourth-order valence-corrected chi connectivity index (χ4v) is 1.13. The van der Waals surface area contributed by atoms with E-state index in [4.69, 9.17) is 4.74 Å². The van der Waals surface area contributed by atoms with Crippen molar-refractivity contribution in [2.24, 2.45) is 5.92 Å². The molecule has 0 heterocycles. The molecule has 0 bridgehead atoms. The van der Waals surface area contributed by atoms with E-state index < -0.39 is 0 Å². The molecule has 0 saturated carbocycles. The largest absolute Gasteiger partial charge is 0.385 e. The van der Waals surface area contributed by atoms with Crippen molar-refractivity contribution in [1.82, 2.24) is 5.32 Å². The molecule has 1 aromatic rings. The van der Waals surface area contributed by atoms with E-state index in [0.717, 1.165) is 31.9 Å². The summed E-state index contributed by atoms with van der Waals surface area (Å²) in [7, 11) is 5.37. The van der Waals surface area contributed by atoms with Gasteiger partial charge in [-0.2, -0.15) is 11.8 Å². The van der Waals surface area contributed by atoms with Crippen molar-refractivity contribution in [3.63, 3.8) is 0 Å². The van der Waals surface area contributed by atoms with Crippen molar-refractivity contribution in [1.29, 1.82) is 0 Å². The Morgan fingerprint density at radius 3 is 1.11 bits per heavy atom. The molecule has 0 fully saturated rings. The first-order valence-electron chi connectivity index (χ1n) is 12.9. The molecule has 1 unspecified atom stereocenters. The highest BCUT2D eigenvalue weighted by molar-refractivity contribution is 7.98. The van der Waals surface area contributed by atoms with Gasteiger partial charge in [-0.3, -0.25) is 0 Å². The smallest absolute Gasteiger partial charge is 0.0546 e. The van der Waals surface area contributed by atoms with Crippen LogP contribution >= 0.6 is 11.8 Å². The number of rotatable bonds is 9. The summed E-state index contributed by atoms with van der Waals surface area (Å²) >= 11 is 1.86. The normalized spacial score (nSPS) is 7.16. The minimum Gasteiger partial charge on any atom is -0.385 e. The highest BCUT2D eigenvalue weighted by Crippen LogP contribution is 2.05. The van der Waals surface area contributed by atoms with Gasteiger partial charge >= 0.3 is 0 Å². The molecule has 1 N–H and O–H groups in total. The van der Waals surface area contributed by atoms with Crippen LogP contribution in [0.2, 0.25) is 0 Å². The van der Waals surface area contributed by atoms with Crippen molar-refractivity contribution < 1.29 is 9.47 Å². The second kappa shape index (κ2) is 121. The third-order valence-electron chi connectivity index (χ3n) is 4.33. The van der Waals surface area contributed by atoms with Crippen LogP contribution in [0.3, 0.4) is 0 Å². The van der Waals surface area contributed by atoms with E-state index in [2.05, 4.69) is 96.0 Å². The predicted octanol–water partition coefficient (Wildman–Crippen LogP) is 16.4. The Kier molecular flexibility index (Phi) is 299. The molecule has 0 aromatic heterocycles. The highest BCUT2D eigenvalue weighted by atomic mass is 32.2. The minimum absolute atomic E-state index is 0. The highest BCUT2D eigenvalue weighted by Gasteiger charge is 1.98. The van der Waals surface area contributed by atoms with E-state index >= 15 is 0 Å². The van der Waals surface area contributed by atoms with Gasteiger partial charge in [-0.25, -0.2) is 0 Å². The number of thioether (sulfide) groups is 1. The van der Waals surface area contributed by atoms with Crippen LogP contribution in [0.5, 0.6) is 0 Å². The molecule has 298 valence electrons. The molecule has 0 aliphatic carbocycles. The van der Waals surface area contributed by atoms with Gasteiger partial charge in [0.2, 0.25) is 0 Å². The Balaban J connectivity index is -0.0000000141. The quantitative estimate of drug-likeness (QED) is 0.281. The van der Waals surface area contributed by atoms with Gasteiger partial charge in [0.1, 0.15) is 0 Å². The molecular formula is C41H111NO2S. The van der Waals surface area contributed by atoms with Gasteiger partial charge < -0.3 is 14.8 Å². The summed E-state index contributed by atoms with van der Waals surface area (Å²) in [6.07, 6.45) is 8.61. The monoisotopic (exact) mass is 682 g/mol. The fourth-order valence-electron chi connectivity index (χ4n) is 1.13. The lowest BCUT2D eigenvalue weighted by Gasteiger charge is -2.08. The standard InChI is InChI=1S/C11H16O.C5H12.C4H10.C3H9N.C3H8O.C3H8S.12CH4/c1-10(12-2)8-9-11-6-4-3-5-7-11;1-4-5(2)3;4*1-3-4-2;;;;;;;;;;;;/h3-7,10H,8-9H2,1-2H3;5H,4H2,1-3H3;3-4H2,1-2H3;4H,3H2,1-2H3;2*3H2,1-2H3;12*1H4. The van der Waals surface area contributed by atoms with Crippen LogP contribution in [-0.2, 0) is 15.9 Å². The Labute approximate surface area is 303 Å². The lowest BCUT2D eigenvalue weighted by molar-refractivity contribution is 0.111. The summed E-state index contributed by atoms with van der Waals surface area (Å²) in [4.78, 5) is 0. The number of aryl methyl sites for hydroxylation is 1. The first-order chi connectivity index (χ1) is 15.8. The number of hydrogen-bond acceptors (Lipinski definition) is 4. The van der Waals surface area contributed by atoms with Crippen LogP contribution in [0.25, 0.3) is 0 Å². The molecule has 0 aliphatic heterocycles.